The van der Waals surface area contributed by atoms with Crippen LogP contribution in [0.25, 0.3) is 0 Å². The molecule has 3 nitrogen and oxygen atoms in total. The molecule has 0 aromatic heterocycles. The third-order valence-corrected chi connectivity index (χ3v) is 3.88. The van der Waals surface area contributed by atoms with E-state index in [-0.39, 0.29) is 24.4 Å². The van der Waals surface area contributed by atoms with E-state index in [4.69, 9.17) is 5.73 Å². The van der Waals surface area contributed by atoms with Crippen LogP contribution in [0.15, 0.2) is 54.6 Å². The zero-order valence-electron chi connectivity index (χ0n) is 13.7. The Morgan fingerprint density at radius 3 is 2.26 bits per heavy atom. The molecule has 0 aliphatic rings. The van der Waals surface area contributed by atoms with Gasteiger partial charge in [0.2, 0.25) is 5.91 Å². The first kappa shape index (κ1) is 19.2. The van der Waals surface area contributed by atoms with Crippen molar-refractivity contribution in [1.82, 2.24) is 5.32 Å². The largest absolute Gasteiger partial charge is 0.351 e. The Hall–Kier alpha value is -1.84. The van der Waals surface area contributed by atoms with E-state index >= 15 is 0 Å². The van der Waals surface area contributed by atoms with Gasteiger partial charge in [-0.1, -0.05) is 67.1 Å². The molecule has 3 N–H and O–H groups in total. The molecule has 2 atom stereocenters. The number of hydrogen-bond donors (Lipinski definition) is 2. The van der Waals surface area contributed by atoms with E-state index in [1.165, 1.54) is 5.56 Å². The second-order valence-electron chi connectivity index (χ2n) is 5.69. The Kier molecular flexibility index (Phi) is 7.79. The van der Waals surface area contributed by atoms with E-state index in [1.807, 2.05) is 49.4 Å². The minimum atomic E-state index is -0.620. The van der Waals surface area contributed by atoms with Gasteiger partial charge in [0.05, 0.1) is 0 Å². The van der Waals surface area contributed by atoms with Crippen LogP contribution in [-0.4, -0.2) is 11.9 Å². The summed E-state index contributed by atoms with van der Waals surface area (Å²) in [7, 11) is 0. The molecule has 23 heavy (non-hydrogen) atoms. The summed E-state index contributed by atoms with van der Waals surface area (Å²) in [4.78, 5) is 12.4. The molecule has 2 unspecified atom stereocenters. The second-order valence-corrected chi connectivity index (χ2v) is 5.69. The lowest BCUT2D eigenvalue weighted by atomic mass is 10.0. The van der Waals surface area contributed by atoms with Gasteiger partial charge in [-0.2, -0.15) is 0 Å². The molecule has 0 aliphatic heterocycles. The van der Waals surface area contributed by atoms with Gasteiger partial charge in [-0.3, -0.25) is 4.79 Å². The number of carbonyl (C=O) groups is 1. The zero-order chi connectivity index (χ0) is 15.9. The van der Waals surface area contributed by atoms with E-state index in [1.54, 1.807) is 0 Å². The predicted molar refractivity (Wildman–Crippen MR) is 97.7 cm³/mol. The van der Waals surface area contributed by atoms with Gasteiger partial charge in [0.1, 0.15) is 6.04 Å². The van der Waals surface area contributed by atoms with Crippen LogP contribution in [-0.2, 0) is 11.2 Å². The van der Waals surface area contributed by atoms with Crippen molar-refractivity contribution in [3.05, 3.63) is 71.3 Å². The SMILES string of the molecule is CCC(Cc1ccccc1)NC(=O)C(N)c1ccc(C)cc1.Cl. The molecular formula is C19H25ClN2O. The van der Waals surface area contributed by atoms with Crippen molar-refractivity contribution in [2.75, 3.05) is 0 Å². The monoisotopic (exact) mass is 332 g/mol. The summed E-state index contributed by atoms with van der Waals surface area (Å²) in [6.07, 6.45) is 1.70. The molecule has 4 heteroatoms. The molecule has 2 aromatic rings. The van der Waals surface area contributed by atoms with Crippen molar-refractivity contribution in [2.24, 2.45) is 5.73 Å². The molecule has 0 spiro atoms. The number of benzene rings is 2. The summed E-state index contributed by atoms with van der Waals surface area (Å²) in [5, 5.41) is 3.06. The highest BCUT2D eigenvalue weighted by Crippen LogP contribution is 2.13. The Morgan fingerprint density at radius 2 is 1.70 bits per heavy atom. The lowest BCUT2D eigenvalue weighted by molar-refractivity contribution is -0.123. The Balaban J connectivity index is 0.00000264. The maximum Gasteiger partial charge on any atom is 0.241 e. The van der Waals surface area contributed by atoms with Crippen LogP contribution >= 0.6 is 12.4 Å². The second kappa shape index (κ2) is 9.33. The Labute approximate surface area is 144 Å². The Morgan fingerprint density at radius 1 is 1.09 bits per heavy atom. The molecule has 2 rings (SSSR count). The molecule has 0 saturated carbocycles. The van der Waals surface area contributed by atoms with Gasteiger partial charge < -0.3 is 11.1 Å². The van der Waals surface area contributed by atoms with Crippen LogP contribution in [0.1, 0.15) is 36.1 Å². The Bertz CT molecular complexity index is 599. The van der Waals surface area contributed by atoms with Gasteiger partial charge in [-0.25, -0.2) is 0 Å². The van der Waals surface area contributed by atoms with Crippen LogP contribution < -0.4 is 11.1 Å². The van der Waals surface area contributed by atoms with Crippen molar-refractivity contribution in [2.45, 2.75) is 38.8 Å². The lowest BCUT2D eigenvalue weighted by Crippen LogP contribution is -2.41. The molecule has 0 heterocycles. The fourth-order valence-corrected chi connectivity index (χ4v) is 2.41. The van der Waals surface area contributed by atoms with E-state index in [9.17, 15) is 4.79 Å². The number of carbonyl (C=O) groups excluding carboxylic acids is 1. The van der Waals surface area contributed by atoms with Crippen molar-refractivity contribution >= 4 is 18.3 Å². The molecule has 0 aliphatic carbocycles. The fraction of sp³-hybridized carbons (Fsp3) is 0.316. The standard InChI is InChI=1S/C19H24N2O.ClH/c1-3-17(13-15-7-5-4-6-8-15)21-19(22)18(20)16-11-9-14(2)10-12-16;/h4-12,17-18H,3,13,20H2,1-2H3,(H,21,22);1H. The minimum absolute atomic E-state index is 0. The molecule has 1 amide bonds. The molecule has 0 fully saturated rings. The first-order chi connectivity index (χ1) is 10.6. The summed E-state index contributed by atoms with van der Waals surface area (Å²) in [5.74, 6) is -0.119. The van der Waals surface area contributed by atoms with Gasteiger partial charge in [0.25, 0.3) is 0 Å². The van der Waals surface area contributed by atoms with Gasteiger partial charge in [-0.15, -0.1) is 12.4 Å². The molecular weight excluding hydrogens is 308 g/mol. The van der Waals surface area contributed by atoms with E-state index in [2.05, 4.69) is 24.4 Å². The first-order valence-electron chi connectivity index (χ1n) is 7.76. The fourth-order valence-electron chi connectivity index (χ4n) is 2.41. The van der Waals surface area contributed by atoms with Crippen LogP contribution in [0, 0.1) is 6.92 Å². The minimum Gasteiger partial charge on any atom is -0.351 e. The molecule has 2 aromatic carbocycles. The van der Waals surface area contributed by atoms with Crippen LogP contribution in [0.3, 0.4) is 0 Å². The summed E-state index contributed by atoms with van der Waals surface area (Å²) in [6.45, 7) is 4.09. The highest BCUT2D eigenvalue weighted by Gasteiger charge is 2.18. The van der Waals surface area contributed by atoms with E-state index in [0.29, 0.717) is 0 Å². The van der Waals surface area contributed by atoms with Crippen LogP contribution in [0.4, 0.5) is 0 Å². The normalized spacial score (nSPS) is 12.8. The van der Waals surface area contributed by atoms with Gasteiger partial charge in [-0.05, 0) is 30.9 Å². The average Bonchev–Trinajstić information content (AvgIpc) is 2.55. The first-order valence-corrected chi connectivity index (χ1v) is 7.76. The number of aryl methyl sites for hydroxylation is 1. The van der Waals surface area contributed by atoms with Gasteiger partial charge in [0.15, 0.2) is 0 Å². The smallest absolute Gasteiger partial charge is 0.241 e. The number of hydrogen-bond acceptors (Lipinski definition) is 2. The third kappa shape index (κ3) is 5.70. The number of amides is 1. The molecule has 124 valence electrons. The molecule has 0 saturated heterocycles. The molecule has 0 radical (unpaired) electrons. The summed E-state index contributed by atoms with van der Waals surface area (Å²) >= 11 is 0. The highest BCUT2D eigenvalue weighted by molar-refractivity contribution is 5.85. The van der Waals surface area contributed by atoms with E-state index < -0.39 is 6.04 Å². The third-order valence-electron chi connectivity index (χ3n) is 3.88. The van der Waals surface area contributed by atoms with Crippen molar-refractivity contribution in [1.29, 1.82) is 0 Å². The topological polar surface area (TPSA) is 55.1 Å². The van der Waals surface area contributed by atoms with Crippen molar-refractivity contribution < 1.29 is 4.79 Å². The summed E-state index contributed by atoms with van der Waals surface area (Å²) < 4.78 is 0. The van der Waals surface area contributed by atoms with Crippen LogP contribution in [0.5, 0.6) is 0 Å². The van der Waals surface area contributed by atoms with E-state index in [0.717, 1.165) is 24.0 Å². The highest BCUT2D eigenvalue weighted by atomic mass is 35.5. The average molecular weight is 333 g/mol. The van der Waals surface area contributed by atoms with Crippen molar-refractivity contribution in [3.8, 4) is 0 Å². The zero-order valence-corrected chi connectivity index (χ0v) is 14.5. The van der Waals surface area contributed by atoms with Crippen molar-refractivity contribution in [3.63, 3.8) is 0 Å². The number of halogens is 1. The number of nitrogens with two attached hydrogens (primary N) is 1. The van der Waals surface area contributed by atoms with Crippen LogP contribution in [0.2, 0.25) is 0 Å². The quantitative estimate of drug-likeness (QED) is 0.850. The predicted octanol–water partition coefficient (Wildman–Crippen LogP) is 3.55. The lowest BCUT2D eigenvalue weighted by Gasteiger charge is -2.20. The summed E-state index contributed by atoms with van der Waals surface area (Å²) in [5.41, 5.74) is 9.30. The molecule has 0 bridgehead atoms. The number of rotatable bonds is 6. The van der Waals surface area contributed by atoms with Gasteiger partial charge in [0, 0.05) is 6.04 Å². The maximum absolute atomic E-state index is 12.4. The maximum atomic E-state index is 12.4. The summed E-state index contributed by atoms with van der Waals surface area (Å²) in [6, 6.07) is 17.4. The number of nitrogens with one attached hydrogen (secondary N) is 1. The van der Waals surface area contributed by atoms with Gasteiger partial charge >= 0.3 is 0 Å².